The molecule has 0 aliphatic heterocycles. The van der Waals surface area contributed by atoms with Gasteiger partial charge in [0.25, 0.3) is 10.1 Å². The fourth-order valence-electron chi connectivity index (χ4n) is 0.534. The third-order valence-electron chi connectivity index (χ3n) is 1.01. The van der Waals surface area contributed by atoms with Gasteiger partial charge in [-0.25, -0.2) is 0 Å². The molecule has 0 aromatic heterocycles. The first-order valence-electron chi connectivity index (χ1n) is 3.01. The SMILES string of the molecule is CCCCCS(=O)(=O)O.N. The summed E-state index contributed by atoms with van der Waals surface area (Å²) in [5.74, 6) is -0.0964. The molecule has 0 bridgehead atoms. The molecule has 0 unspecified atom stereocenters. The molecular formula is C5H15NO3S. The highest BCUT2D eigenvalue weighted by Gasteiger charge is 2.01. The highest BCUT2D eigenvalue weighted by Crippen LogP contribution is 1.96. The van der Waals surface area contributed by atoms with Crippen molar-refractivity contribution in [2.24, 2.45) is 0 Å². The highest BCUT2D eigenvalue weighted by molar-refractivity contribution is 7.85. The van der Waals surface area contributed by atoms with Crippen LogP contribution in [0.3, 0.4) is 0 Å². The molecule has 5 heteroatoms. The van der Waals surface area contributed by atoms with Crippen LogP contribution in [0.4, 0.5) is 0 Å². The third-order valence-corrected chi connectivity index (χ3v) is 1.81. The van der Waals surface area contributed by atoms with Gasteiger partial charge in [-0.15, -0.1) is 0 Å². The summed E-state index contributed by atoms with van der Waals surface area (Å²) in [5.41, 5.74) is 0. The Kier molecular flexibility index (Phi) is 7.07. The van der Waals surface area contributed by atoms with Crippen LogP contribution >= 0.6 is 0 Å². The second-order valence-corrected chi connectivity index (χ2v) is 3.57. The fraction of sp³-hybridized carbons (Fsp3) is 1.00. The number of rotatable bonds is 4. The quantitative estimate of drug-likeness (QED) is 0.489. The van der Waals surface area contributed by atoms with E-state index in [1.54, 1.807) is 0 Å². The predicted octanol–water partition coefficient (Wildman–Crippen LogP) is 1.23. The van der Waals surface area contributed by atoms with Crippen LogP contribution in [0.5, 0.6) is 0 Å². The normalized spacial score (nSPS) is 10.6. The van der Waals surface area contributed by atoms with Crippen LogP contribution in [0.15, 0.2) is 0 Å². The molecule has 64 valence electrons. The first kappa shape index (κ1) is 12.5. The number of hydrogen-bond donors (Lipinski definition) is 2. The molecule has 0 aliphatic rings. The number of hydrogen-bond acceptors (Lipinski definition) is 3. The van der Waals surface area contributed by atoms with Gasteiger partial charge in [-0.3, -0.25) is 4.55 Å². The van der Waals surface area contributed by atoms with Gasteiger partial charge < -0.3 is 6.15 Å². The van der Waals surface area contributed by atoms with E-state index in [1.807, 2.05) is 6.92 Å². The summed E-state index contributed by atoms with van der Waals surface area (Å²) in [4.78, 5) is 0. The lowest BCUT2D eigenvalue weighted by atomic mass is 10.3. The molecule has 0 aliphatic carbocycles. The minimum Gasteiger partial charge on any atom is -0.344 e. The Morgan fingerprint density at radius 2 is 1.80 bits per heavy atom. The summed E-state index contributed by atoms with van der Waals surface area (Å²) >= 11 is 0. The van der Waals surface area contributed by atoms with Crippen molar-refractivity contribution in [2.45, 2.75) is 26.2 Å². The van der Waals surface area contributed by atoms with E-state index in [0.29, 0.717) is 6.42 Å². The van der Waals surface area contributed by atoms with Crippen LogP contribution in [0.2, 0.25) is 0 Å². The average Bonchev–Trinajstić information content (AvgIpc) is 1.63. The van der Waals surface area contributed by atoms with Crippen molar-refractivity contribution in [2.75, 3.05) is 5.75 Å². The molecular weight excluding hydrogens is 154 g/mol. The zero-order valence-electron chi connectivity index (χ0n) is 6.21. The second kappa shape index (κ2) is 5.64. The summed E-state index contributed by atoms with van der Waals surface area (Å²) in [6, 6.07) is 0. The van der Waals surface area contributed by atoms with Gasteiger partial charge in [0.05, 0.1) is 5.75 Å². The maximum absolute atomic E-state index is 10.1. The molecule has 0 saturated carbocycles. The molecule has 0 heterocycles. The van der Waals surface area contributed by atoms with Crippen molar-refractivity contribution in [1.29, 1.82) is 0 Å². The molecule has 0 atom stereocenters. The molecule has 10 heavy (non-hydrogen) atoms. The molecule has 4 nitrogen and oxygen atoms in total. The van der Waals surface area contributed by atoms with Crippen molar-refractivity contribution >= 4 is 10.1 Å². The fourth-order valence-corrected chi connectivity index (χ4v) is 1.10. The van der Waals surface area contributed by atoms with Crippen LogP contribution in [0, 0.1) is 0 Å². The Hall–Kier alpha value is -0.130. The van der Waals surface area contributed by atoms with Crippen molar-refractivity contribution in [3.8, 4) is 0 Å². The van der Waals surface area contributed by atoms with Crippen LogP contribution in [-0.2, 0) is 10.1 Å². The molecule has 0 fully saturated rings. The summed E-state index contributed by atoms with van der Waals surface area (Å²) in [7, 11) is -3.70. The van der Waals surface area contributed by atoms with Gasteiger partial charge in [0, 0.05) is 0 Å². The minimum atomic E-state index is -3.70. The number of unbranched alkanes of at least 4 members (excludes halogenated alkanes) is 2. The zero-order chi connectivity index (χ0) is 7.33. The zero-order valence-corrected chi connectivity index (χ0v) is 7.02. The summed E-state index contributed by atoms with van der Waals surface area (Å²) in [5, 5.41) is 0. The second-order valence-electron chi connectivity index (χ2n) is 1.99. The van der Waals surface area contributed by atoms with E-state index in [2.05, 4.69) is 0 Å². The largest absolute Gasteiger partial charge is 0.344 e. The van der Waals surface area contributed by atoms with Gasteiger partial charge in [0.1, 0.15) is 0 Å². The summed E-state index contributed by atoms with van der Waals surface area (Å²) in [6.07, 6.45) is 2.39. The standard InChI is InChI=1S/C5H12O3S.H3N/c1-2-3-4-5-9(6,7)8;/h2-5H2,1H3,(H,6,7,8);1H3. The first-order valence-corrected chi connectivity index (χ1v) is 4.62. The van der Waals surface area contributed by atoms with E-state index >= 15 is 0 Å². The first-order chi connectivity index (χ1) is 4.06. The Balaban J connectivity index is 0. The van der Waals surface area contributed by atoms with Crippen molar-refractivity contribution < 1.29 is 13.0 Å². The lowest BCUT2D eigenvalue weighted by Gasteiger charge is -1.92. The van der Waals surface area contributed by atoms with Gasteiger partial charge in [-0.1, -0.05) is 19.8 Å². The van der Waals surface area contributed by atoms with Gasteiger partial charge >= 0.3 is 0 Å². The van der Waals surface area contributed by atoms with Crippen LogP contribution in [0.25, 0.3) is 0 Å². The Labute approximate surface area is 62.0 Å². The molecule has 0 rings (SSSR count). The van der Waals surface area contributed by atoms with Crippen molar-refractivity contribution in [1.82, 2.24) is 6.15 Å². The maximum Gasteiger partial charge on any atom is 0.264 e. The van der Waals surface area contributed by atoms with Crippen LogP contribution in [0.1, 0.15) is 26.2 Å². The van der Waals surface area contributed by atoms with Gasteiger partial charge in [0.2, 0.25) is 0 Å². The molecule has 0 aromatic carbocycles. The van der Waals surface area contributed by atoms with E-state index in [1.165, 1.54) is 0 Å². The molecule has 0 amide bonds. The van der Waals surface area contributed by atoms with Crippen LogP contribution < -0.4 is 6.15 Å². The summed E-state index contributed by atoms with van der Waals surface area (Å²) < 4.78 is 28.3. The Bertz CT molecular complexity index is 152. The van der Waals surface area contributed by atoms with E-state index in [4.69, 9.17) is 4.55 Å². The topological polar surface area (TPSA) is 89.4 Å². The molecule has 0 saturated heterocycles. The monoisotopic (exact) mass is 169 g/mol. The third kappa shape index (κ3) is 10.8. The smallest absolute Gasteiger partial charge is 0.264 e. The molecule has 4 N–H and O–H groups in total. The lowest BCUT2D eigenvalue weighted by Crippen LogP contribution is -2.02. The van der Waals surface area contributed by atoms with Crippen molar-refractivity contribution in [3.05, 3.63) is 0 Å². The molecule has 0 spiro atoms. The lowest BCUT2D eigenvalue weighted by molar-refractivity contribution is 0.480. The van der Waals surface area contributed by atoms with Gasteiger partial charge in [-0.05, 0) is 6.42 Å². The van der Waals surface area contributed by atoms with E-state index in [9.17, 15) is 8.42 Å². The van der Waals surface area contributed by atoms with E-state index in [-0.39, 0.29) is 11.9 Å². The molecule has 0 aromatic rings. The molecule has 0 radical (unpaired) electrons. The maximum atomic E-state index is 10.1. The predicted molar refractivity (Wildman–Crippen MR) is 41.0 cm³/mol. The van der Waals surface area contributed by atoms with Crippen molar-refractivity contribution in [3.63, 3.8) is 0 Å². The Morgan fingerprint density at radius 3 is 2.10 bits per heavy atom. The highest BCUT2D eigenvalue weighted by atomic mass is 32.2. The van der Waals surface area contributed by atoms with E-state index < -0.39 is 10.1 Å². The van der Waals surface area contributed by atoms with Crippen LogP contribution in [-0.4, -0.2) is 18.7 Å². The minimum absolute atomic E-state index is 0. The van der Waals surface area contributed by atoms with E-state index in [0.717, 1.165) is 12.8 Å². The van der Waals surface area contributed by atoms with Gasteiger partial charge in [0.15, 0.2) is 0 Å². The average molecular weight is 169 g/mol. The van der Waals surface area contributed by atoms with Gasteiger partial charge in [-0.2, -0.15) is 8.42 Å². The summed E-state index contributed by atoms with van der Waals surface area (Å²) in [6.45, 7) is 1.98. The Morgan fingerprint density at radius 1 is 1.30 bits per heavy atom.